The first-order chi connectivity index (χ1) is 60.6. The van der Waals surface area contributed by atoms with E-state index in [0.717, 1.165) is 30.7 Å². The number of nitrogens with one attached hydrogen (secondary N) is 5. The average Bonchev–Trinajstić information content (AvgIpc) is 0.782. The van der Waals surface area contributed by atoms with Crippen molar-refractivity contribution in [1.82, 2.24) is 66.5 Å². The number of aliphatic carboxylic acids is 1. The quantitative estimate of drug-likeness (QED) is 0.0484. The number of ether oxygens (including phenoxy) is 2. The Morgan fingerprint density at radius 1 is 0.389 bits per heavy atom. The van der Waals surface area contributed by atoms with Gasteiger partial charge in [0.15, 0.2) is 12.1 Å². The van der Waals surface area contributed by atoms with E-state index in [4.69, 9.17) is 27.0 Å². The zero-order valence-electron chi connectivity index (χ0n) is 74.0. The van der Waals surface area contributed by atoms with Gasteiger partial charge in [-0.2, -0.15) is 73.7 Å². The Labute approximate surface area is 745 Å². The third kappa shape index (κ3) is 28.4. The van der Waals surface area contributed by atoms with Crippen molar-refractivity contribution in [3.05, 3.63) is 120 Å². The molecule has 0 saturated carbocycles. The van der Waals surface area contributed by atoms with Crippen LogP contribution in [0, 0.1) is 67.0 Å². The summed E-state index contributed by atoms with van der Waals surface area (Å²) < 4.78 is 163. The normalized spacial score (nSPS) is 19.2. The number of rotatable bonds is 13. The predicted molar refractivity (Wildman–Crippen MR) is 457 cm³/mol. The smallest absolute Gasteiger partial charge is 0.419 e. The summed E-state index contributed by atoms with van der Waals surface area (Å²) in [4.78, 5) is 112. The lowest BCUT2D eigenvalue weighted by molar-refractivity contribution is -0.179. The van der Waals surface area contributed by atoms with E-state index >= 15 is 0 Å². The van der Waals surface area contributed by atoms with E-state index in [9.17, 15) is 102 Å². The van der Waals surface area contributed by atoms with Crippen LogP contribution in [0.15, 0.2) is 98.1 Å². The van der Waals surface area contributed by atoms with Crippen molar-refractivity contribution in [1.29, 1.82) is 21.0 Å². The Hall–Kier alpha value is -13.1. The van der Waals surface area contributed by atoms with Crippen LogP contribution in [0.4, 0.5) is 85.0 Å². The van der Waals surface area contributed by atoms with Gasteiger partial charge in [-0.05, 0) is 137 Å². The number of aromatic nitrogens is 8. The highest BCUT2D eigenvalue weighted by molar-refractivity contribution is 5.96. The molecule has 33 nitrogen and oxygen atoms in total. The summed E-state index contributed by atoms with van der Waals surface area (Å²) in [7, 11) is 0. The van der Waals surface area contributed by atoms with Crippen LogP contribution in [-0.4, -0.2) is 217 Å². The van der Waals surface area contributed by atoms with Crippen LogP contribution >= 0.6 is 0 Å². The molecule has 4 aromatic carbocycles. The number of carbonyl (C=O) groups is 6. The van der Waals surface area contributed by atoms with Crippen LogP contribution in [0.2, 0.25) is 0 Å². The number of carbonyl (C=O) groups excluding carboxylic acids is 5. The Bertz CT molecular complexity index is 5500. The van der Waals surface area contributed by atoms with Crippen LogP contribution < -0.4 is 63.4 Å². The van der Waals surface area contributed by atoms with E-state index in [-0.39, 0.29) is 47.3 Å². The fourth-order valence-corrected chi connectivity index (χ4v) is 15.8. The summed E-state index contributed by atoms with van der Waals surface area (Å²) in [5.74, 6) is -6.06. The molecule has 0 aliphatic carbocycles. The van der Waals surface area contributed by atoms with Gasteiger partial charge in [0, 0.05) is 126 Å². The minimum atomic E-state index is -5.07. The van der Waals surface area contributed by atoms with Gasteiger partial charge in [0.1, 0.15) is 79.6 Å². The van der Waals surface area contributed by atoms with Gasteiger partial charge < -0.3 is 72.6 Å². The van der Waals surface area contributed by atoms with E-state index in [1.807, 2.05) is 68.4 Å². The maximum absolute atomic E-state index is 13.7. The zero-order chi connectivity index (χ0) is 97.9. The lowest BCUT2D eigenvalue weighted by Crippen LogP contribution is -2.60. The first-order valence-corrected chi connectivity index (χ1v) is 40.8. The number of nitrogens with two attached hydrogens (primary N) is 3. The third-order valence-electron chi connectivity index (χ3n) is 20.5. The van der Waals surface area contributed by atoms with Crippen LogP contribution in [-0.2, 0) is 28.7 Å². The van der Waals surface area contributed by atoms with Crippen LogP contribution in [0.25, 0.3) is 44.1 Å². The van der Waals surface area contributed by atoms with Gasteiger partial charge in [-0.3, -0.25) is 59.6 Å². The second kappa shape index (κ2) is 40.9. The number of alkyl halides is 12. The molecule has 4 aliphatic rings. The first kappa shape index (κ1) is 103. The monoisotopic (exact) mass is 1840 g/mol. The topological polar surface area (TPSA) is 491 Å². The molecular formula is C86H102F12N24O9. The second-order valence-electron chi connectivity index (χ2n) is 37.0. The Morgan fingerprint density at radius 3 is 0.855 bits per heavy atom. The fraction of sp³-hybridized carbons (Fsp3) is 0.512. The van der Waals surface area contributed by atoms with Gasteiger partial charge in [0.25, 0.3) is 5.91 Å². The number of halogens is 12. The molecule has 4 fully saturated rings. The van der Waals surface area contributed by atoms with Crippen molar-refractivity contribution in [3.63, 3.8) is 0 Å². The maximum Gasteiger partial charge on any atom is 0.419 e. The van der Waals surface area contributed by atoms with Gasteiger partial charge in [-0.15, -0.1) is 0 Å². The number of benzene rings is 4. The van der Waals surface area contributed by atoms with Crippen molar-refractivity contribution >= 4 is 103 Å². The summed E-state index contributed by atoms with van der Waals surface area (Å²) in [6.45, 7) is 29.3. The number of piperidine rings is 4. The number of alkyl carbamates (subject to hydrolysis) is 2. The number of hydrogen-bond donors (Lipinski definition) is 9. The second-order valence-corrected chi connectivity index (χ2v) is 37.0. The van der Waals surface area contributed by atoms with Crippen LogP contribution in [0.3, 0.4) is 0 Å². The predicted octanol–water partition coefficient (Wildman–Crippen LogP) is 11.5. The van der Waals surface area contributed by atoms with E-state index in [0.29, 0.717) is 117 Å². The minimum Gasteiger partial charge on any atom is -0.479 e. The van der Waals surface area contributed by atoms with E-state index in [1.165, 1.54) is 84.0 Å². The lowest BCUT2D eigenvalue weighted by atomic mass is 9.81. The van der Waals surface area contributed by atoms with Crippen molar-refractivity contribution in [3.8, 4) is 24.3 Å². The highest BCUT2D eigenvalue weighted by Gasteiger charge is 2.51. The molecule has 704 valence electrons. The largest absolute Gasteiger partial charge is 0.479 e. The lowest BCUT2D eigenvalue weighted by Gasteiger charge is -2.44. The molecule has 8 atom stereocenters. The number of anilines is 4. The standard InChI is InChI=1S/C24H29F3N6O3.2C19H21F3N6O.C16H19N5.C8H12F3NO4/c1-22(2,3)36-21(35)32-19(24(25,26)27)20(34)31-15-10-23(4,5)13-33(12-15)16-7-6-14(11-28)17-18(16)30-9-8-29-17;2*1-18(2)7-12(27-17(29)16(24)19(20,21)22)9-28(10-18)13-4-3-11(8-23)14-15(13)26-6-5-25-14;1-16(2)7-12(18)9-21(10-16)13-4-3-11(8-17)14-15(13)20-6-5-19-14;1-7(2,3)16-6(15)12-4(5(13)14)8(9,10)11/h6-9,15,19H,10,12-13H2,1-5H3,(H,31,34)(H,32,35);2*3-6,12,16H,7,9-10,24H2,1-2H3,(H,27,29);3-6,12H,7,9-10,18H2,1-2H3;4H,1-3H3,(H,12,15)(H,13,14)/t15-,19?;2*12-,16?;12-;/m1111./s1. The van der Waals surface area contributed by atoms with Crippen LogP contribution in [0.1, 0.15) is 145 Å². The molecule has 4 aliphatic heterocycles. The summed E-state index contributed by atoms with van der Waals surface area (Å²) in [5.41, 5.74) is 22.5. The Kier molecular flexibility index (Phi) is 32.2. The molecule has 5 amide bonds. The van der Waals surface area contributed by atoms with Gasteiger partial charge in [0.05, 0.1) is 45.0 Å². The van der Waals surface area contributed by atoms with E-state index in [2.05, 4.69) is 104 Å². The number of hydrogen-bond acceptors (Lipinski definition) is 27. The van der Waals surface area contributed by atoms with Crippen molar-refractivity contribution in [2.24, 2.45) is 38.9 Å². The highest BCUT2D eigenvalue weighted by Crippen LogP contribution is 2.41. The minimum absolute atomic E-state index is 0.149. The van der Waals surface area contributed by atoms with Crippen molar-refractivity contribution < 1.29 is 96.0 Å². The number of amides is 5. The molecular weight excluding hydrogens is 1740 g/mol. The molecule has 4 aromatic heterocycles. The Morgan fingerprint density at radius 2 is 0.626 bits per heavy atom. The molecule has 0 spiro atoms. The molecule has 8 aromatic rings. The fourth-order valence-electron chi connectivity index (χ4n) is 15.8. The first-order valence-electron chi connectivity index (χ1n) is 40.8. The number of fused-ring (bicyclic) bond motifs is 4. The molecule has 4 unspecified atom stereocenters. The summed E-state index contributed by atoms with van der Waals surface area (Å²) in [5, 5.41) is 55.7. The van der Waals surface area contributed by atoms with Gasteiger partial charge in [-0.1, -0.05) is 55.4 Å². The number of carboxylic acid groups (broad SMARTS) is 1. The summed E-state index contributed by atoms with van der Waals surface area (Å²) in [6, 6.07) is 9.87. The third-order valence-corrected chi connectivity index (χ3v) is 20.5. The van der Waals surface area contributed by atoms with Crippen molar-refractivity contribution in [2.75, 3.05) is 72.0 Å². The van der Waals surface area contributed by atoms with E-state index in [1.54, 1.807) is 54.1 Å². The molecule has 12 rings (SSSR count). The Balaban J connectivity index is 0.000000207. The van der Waals surface area contributed by atoms with Gasteiger partial charge in [0.2, 0.25) is 23.9 Å². The van der Waals surface area contributed by atoms with E-state index < -0.39 is 114 Å². The van der Waals surface area contributed by atoms with Gasteiger partial charge in [-0.25, -0.2) is 14.4 Å². The molecule has 8 heterocycles. The summed E-state index contributed by atoms with van der Waals surface area (Å²) >= 11 is 0. The van der Waals surface area contributed by atoms with Crippen LogP contribution in [0.5, 0.6) is 0 Å². The SMILES string of the molecule is CC(C)(C)OC(=O)NC(C(=O)O)C(F)(F)F.CC1(C)C[C@@H](N)CN(c2ccc(C#N)c3nccnc23)C1.CC1(C)C[C@@H](NC(=O)C(N)C(F)(F)F)CN(c2ccc(C#N)c3nccnc23)C1.CC1(C)C[C@@H](NC(=O)C(N)C(F)(F)F)CN(c2ccc(C#N)c3nccnc23)C1.CC1(C)C[C@@H](NC(=O)C(NC(=O)OC(C)(C)C)C(F)(F)F)CN(c2ccc(C#N)c3nccnc23)C1. The average molecular weight is 1840 g/mol. The molecule has 4 saturated heterocycles. The molecule has 0 radical (unpaired) electrons. The van der Waals surface area contributed by atoms with Crippen molar-refractivity contribution in [2.45, 2.75) is 207 Å². The highest BCUT2D eigenvalue weighted by atomic mass is 19.4. The zero-order valence-corrected chi connectivity index (χ0v) is 74.0. The number of carboxylic acids is 1. The van der Waals surface area contributed by atoms with Gasteiger partial charge >= 0.3 is 42.9 Å². The molecule has 0 bridgehead atoms. The molecule has 45 heteroatoms. The summed E-state index contributed by atoms with van der Waals surface area (Å²) in [6.07, 6.45) is -7.74. The molecule has 12 N–H and O–H groups in total. The number of nitriles is 4. The number of nitrogens with zero attached hydrogens (tertiary/aromatic N) is 16. The molecule has 131 heavy (non-hydrogen) atoms. The maximum atomic E-state index is 13.7.